The van der Waals surface area contributed by atoms with Gasteiger partial charge in [0, 0.05) is 12.6 Å². The summed E-state index contributed by atoms with van der Waals surface area (Å²) in [5.74, 6) is -2.64. The van der Waals surface area contributed by atoms with Crippen molar-refractivity contribution >= 4 is 18.0 Å². The monoisotopic (exact) mass is 273 g/mol. The summed E-state index contributed by atoms with van der Waals surface area (Å²) in [4.78, 5) is 32.5. The number of amides is 2. The van der Waals surface area contributed by atoms with Gasteiger partial charge in [0.1, 0.15) is 6.04 Å². The fraction of sp³-hybridized carbons (Fsp3) is 0.727. The molecule has 8 heteroatoms. The molecule has 1 aliphatic rings. The van der Waals surface area contributed by atoms with Crippen LogP contribution in [0.25, 0.3) is 0 Å². The Labute approximate surface area is 110 Å². The van der Waals surface area contributed by atoms with Gasteiger partial charge in [0.05, 0.1) is 6.42 Å². The number of carbonyl (C=O) groups excluding carboxylic acids is 1. The van der Waals surface area contributed by atoms with Crippen LogP contribution in [0, 0.1) is 0 Å². The van der Waals surface area contributed by atoms with Crippen molar-refractivity contribution in [2.24, 2.45) is 0 Å². The standard InChI is InChI=1S/C11H19N3O5/c15-9(16)6-8(10(17)18)14-11(19)13-5-1-4-12-7-2-3-7/h7-8,12H,1-6H2,(H,15,16)(H,17,18)(H2,13,14,19)/t8-/m0/s1. The maximum Gasteiger partial charge on any atom is 0.326 e. The van der Waals surface area contributed by atoms with Gasteiger partial charge in [0.25, 0.3) is 0 Å². The molecule has 5 N–H and O–H groups in total. The second-order valence-electron chi connectivity index (χ2n) is 4.47. The molecule has 1 saturated carbocycles. The number of carboxylic acids is 2. The lowest BCUT2D eigenvalue weighted by Crippen LogP contribution is -2.47. The summed E-state index contributed by atoms with van der Waals surface area (Å²) in [6, 6.07) is -1.47. The second-order valence-corrected chi connectivity index (χ2v) is 4.47. The average molecular weight is 273 g/mol. The van der Waals surface area contributed by atoms with Crippen LogP contribution in [0.1, 0.15) is 25.7 Å². The highest BCUT2D eigenvalue weighted by Gasteiger charge is 2.23. The third-order valence-corrected chi connectivity index (χ3v) is 2.63. The molecule has 0 aromatic carbocycles. The van der Waals surface area contributed by atoms with E-state index >= 15 is 0 Å². The van der Waals surface area contributed by atoms with Crippen molar-refractivity contribution in [3.8, 4) is 0 Å². The Morgan fingerprint density at radius 2 is 1.84 bits per heavy atom. The van der Waals surface area contributed by atoms with E-state index in [1.807, 2.05) is 0 Å². The van der Waals surface area contributed by atoms with Crippen molar-refractivity contribution in [3.05, 3.63) is 0 Å². The zero-order valence-electron chi connectivity index (χ0n) is 10.5. The number of hydrogen-bond acceptors (Lipinski definition) is 4. The van der Waals surface area contributed by atoms with E-state index in [1.54, 1.807) is 0 Å². The molecule has 0 heterocycles. The largest absolute Gasteiger partial charge is 0.481 e. The van der Waals surface area contributed by atoms with Crippen LogP contribution in [0.5, 0.6) is 0 Å². The summed E-state index contributed by atoms with van der Waals surface area (Å²) < 4.78 is 0. The number of urea groups is 1. The minimum absolute atomic E-state index is 0.408. The first-order valence-electron chi connectivity index (χ1n) is 6.21. The highest BCUT2D eigenvalue weighted by Crippen LogP contribution is 2.18. The third-order valence-electron chi connectivity index (χ3n) is 2.63. The highest BCUT2D eigenvalue weighted by molar-refractivity contribution is 5.86. The van der Waals surface area contributed by atoms with E-state index in [0.29, 0.717) is 12.6 Å². The van der Waals surface area contributed by atoms with Crippen molar-refractivity contribution in [3.63, 3.8) is 0 Å². The van der Waals surface area contributed by atoms with Crippen LogP contribution in [0.4, 0.5) is 4.79 Å². The van der Waals surface area contributed by atoms with Gasteiger partial charge in [-0.3, -0.25) is 4.79 Å². The first-order valence-corrected chi connectivity index (χ1v) is 6.21. The first-order chi connectivity index (χ1) is 8.99. The summed E-state index contributed by atoms with van der Waals surface area (Å²) in [5.41, 5.74) is 0. The van der Waals surface area contributed by atoms with Gasteiger partial charge in [-0.15, -0.1) is 0 Å². The summed E-state index contributed by atoms with van der Waals surface area (Å²) in [6.45, 7) is 1.20. The molecule has 1 aliphatic carbocycles. The Balaban J connectivity index is 2.12. The smallest absolute Gasteiger partial charge is 0.326 e. The van der Waals surface area contributed by atoms with Gasteiger partial charge >= 0.3 is 18.0 Å². The number of aliphatic carboxylic acids is 2. The van der Waals surface area contributed by atoms with Gasteiger partial charge in [-0.05, 0) is 25.8 Å². The number of hydrogen-bond donors (Lipinski definition) is 5. The molecule has 0 saturated heterocycles. The minimum atomic E-state index is -1.41. The number of carbonyl (C=O) groups is 3. The Hall–Kier alpha value is -1.83. The zero-order chi connectivity index (χ0) is 14.3. The molecule has 0 aromatic rings. The highest BCUT2D eigenvalue weighted by atomic mass is 16.4. The van der Waals surface area contributed by atoms with Crippen molar-refractivity contribution in [1.82, 2.24) is 16.0 Å². The normalized spacial score (nSPS) is 15.6. The average Bonchev–Trinajstić information content (AvgIpc) is 3.11. The summed E-state index contributed by atoms with van der Waals surface area (Å²) >= 11 is 0. The van der Waals surface area contributed by atoms with Crippen LogP contribution in [-0.4, -0.2) is 53.4 Å². The molecule has 2 amide bonds. The Bertz CT molecular complexity index is 343. The Morgan fingerprint density at radius 3 is 2.37 bits per heavy atom. The van der Waals surface area contributed by atoms with Gasteiger partial charge in [0.15, 0.2) is 0 Å². The lowest BCUT2D eigenvalue weighted by Gasteiger charge is -2.13. The molecule has 108 valence electrons. The maximum atomic E-state index is 11.3. The zero-order valence-corrected chi connectivity index (χ0v) is 10.5. The second kappa shape index (κ2) is 7.57. The molecule has 0 bridgehead atoms. The first kappa shape index (κ1) is 15.2. The molecule has 0 aromatic heterocycles. The van der Waals surface area contributed by atoms with Crippen LogP contribution in [0.2, 0.25) is 0 Å². The van der Waals surface area contributed by atoms with E-state index < -0.39 is 30.4 Å². The number of carboxylic acid groups (broad SMARTS) is 2. The maximum absolute atomic E-state index is 11.3. The summed E-state index contributed by atoms with van der Waals surface area (Å²) in [7, 11) is 0. The Morgan fingerprint density at radius 1 is 1.16 bits per heavy atom. The van der Waals surface area contributed by atoms with Gasteiger partial charge in [-0.2, -0.15) is 0 Å². The molecule has 19 heavy (non-hydrogen) atoms. The van der Waals surface area contributed by atoms with Crippen LogP contribution in [0.15, 0.2) is 0 Å². The van der Waals surface area contributed by atoms with Crippen molar-refractivity contribution in [1.29, 1.82) is 0 Å². The van der Waals surface area contributed by atoms with Gasteiger partial charge in [-0.1, -0.05) is 0 Å². The van der Waals surface area contributed by atoms with Gasteiger partial charge in [-0.25, -0.2) is 9.59 Å². The van der Waals surface area contributed by atoms with E-state index in [2.05, 4.69) is 16.0 Å². The molecular weight excluding hydrogens is 254 g/mol. The topological polar surface area (TPSA) is 128 Å². The van der Waals surface area contributed by atoms with Crippen LogP contribution in [-0.2, 0) is 9.59 Å². The lowest BCUT2D eigenvalue weighted by atomic mass is 10.2. The molecule has 0 unspecified atom stereocenters. The minimum Gasteiger partial charge on any atom is -0.481 e. The van der Waals surface area contributed by atoms with E-state index in [-0.39, 0.29) is 0 Å². The number of rotatable bonds is 9. The predicted octanol–water partition coefficient (Wildman–Crippen LogP) is -0.644. The molecule has 0 spiro atoms. The van der Waals surface area contributed by atoms with Crippen LogP contribution < -0.4 is 16.0 Å². The molecule has 1 rings (SSSR count). The molecule has 8 nitrogen and oxygen atoms in total. The molecule has 1 fully saturated rings. The Kier molecular flexibility index (Phi) is 6.07. The van der Waals surface area contributed by atoms with Crippen LogP contribution in [0.3, 0.4) is 0 Å². The molecular formula is C11H19N3O5. The third kappa shape index (κ3) is 7.24. The van der Waals surface area contributed by atoms with Crippen molar-refractivity contribution < 1.29 is 24.6 Å². The van der Waals surface area contributed by atoms with Gasteiger partial charge < -0.3 is 26.2 Å². The van der Waals surface area contributed by atoms with E-state index in [0.717, 1.165) is 13.0 Å². The lowest BCUT2D eigenvalue weighted by molar-refractivity contribution is -0.145. The summed E-state index contributed by atoms with van der Waals surface area (Å²) in [5, 5.41) is 25.1. The van der Waals surface area contributed by atoms with Crippen molar-refractivity contribution in [2.45, 2.75) is 37.8 Å². The predicted molar refractivity (Wildman–Crippen MR) is 65.9 cm³/mol. The molecule has 0 radical (unpaired) electrons. The van der Waals surface area contributed by atoms with E-state index in [1.165, 1.54) is 12.8 Å². The van der Waals surface area contributed by atoms with E-state index in [9.17, 15) is 14.4 Å². The molecule has 1 atom stereocenters. The van der Waals surface area contributed by atoms with Crippen LogP contribution >= 0.6 is 0 Å². The fourth-order valence-electron chi connectivity index (χ4n) is 1.47. The number of nitrogens with one attached hydrogen (secondary N) is 3. The molecule has 0 aliphatic heterocycles. The quantitative estimate of drug-likeness (QED) is 0.355. The van der Waals surface area contributed by atoms with E-state index in [4.69, 9.17) is 10.2 Å². The fourth-order valence-corrected chi connectivity index (χ4v) is 1.47. The van der Waals surface area contributed by atoms with Gasteiger partial charge in [0.2, 0.25) is 0 Å². The summed E-state index contributed by atoms with van der Waals surface area (Å²) in [6.07, 6.45) is 2.49. The van der Waals surface area contributed by atoms with Crippen molar-refractivity contribution in [2.75, 3.05) is 13.1 Å². The SMILES string of the molecule is O=C(O)C[C@H](NC(=O)NCCCNC1CC1)C(=O)O.